The number of hydrogen-bond acceptors (Lipinski definition) is 3. The van der Waals surface area contributed by atoms with Crippen LogP contribution in [0.25, 0.3) is 10.9 Å². The summed E-state index contributed by atoms with van der Waals surface area (Å²) in [5.74, 6) is 0.858. The highest BCUT2D eigenvalue weighted by molar-refractivity contribution is 9.10. The molecule has 4 heteroatoms. The number of pyridine rings is 1. The second-order valence-electron chi connectivity index (χ2n) is 6.64. The summed E-state index contributed by atoms with van der Waals surface area (Å²) in [6.45, 7) is 1.22. The van der Waals surface area contributed by atoms with Crippen LogP contribution in [0.5, 0.6) is 0 Å². The van der Waals surface area contributed by atoms with E-state index in [-0.39, 0.29) is 0 Å². The first-order valence-electron chi connectivity index (χ1n) is 8.07. The molecule has 3 nitrogen and oxygen atoms in total. The molecule has 0 bridgehead atoms. The standard InChI is InChI=1S/C18H24BrN3/c1-22(2)12-13-3-6-15(7-4-13)21-18-9-10-20-17-8-5-14(19)11-16(17)18/h5,8-11,13,15H,3-4,6-7,12H2,1-2H3,(H,20,21). The average Bonchev–Trinajstić information content (AvgIpc) is 2.49. The first-order chi connectivity index (χ1) is 10.6. The predicted octanol–water partition coefficient (Wildman–Crippen LogP) is 4.53. The van der Waals surface area contributed by atoms with Crippen molar-refractivity contribution < 1.29 is 0 Å². The van der Waals surface area contributed by atoms with Gasteiger partial charge in [-0.05, 0) is 70.0 Å². The summed E-state index contributed by atoms with van der Waals surface area (Å²) in [4.78, 5) is 6.77. The molecule has 22 heavy (non-hydrogen) atoms. The van der Waals surface area contributed by atoms with Crippen molar-refractivity contribution >= 4 is 32.5 Å². The monoisotopic (exact) mass is 361 g/mol. The first-order valence-corrected chi connectivity index (χ1v) is 8.86. The molecule has 0 saturated heterocycles. The zero-order chi connectivity index (χ0) is 15.5. The molecule has 1 N–H and O–H groups in total. The van der Waals surface area contributed by atoms with Gasteiger partial charge in [0, 0.05) is 34.3 Å². The van der Waals surface area contributed by atoms with E-state index in [9.17, 15) is 0 Å². The van der Waals surface area contributed by atoms with Crippen molar-refractivity contribution in [2.24, 2.45) is 5.92 Å². The number of fused-ring (bicyclic) bond motifs is 1. The average molecular weight is 362 g/mol. The van der Waals surface area contributed by atoms with E-state index >= 15 is 0 Å². The summed E-state index contributed by atoms with van der Waals surface area (Å²) in [6, 6.07) is 8.95. The van der Waals surface area contributed by atoms with Crippen molar-refractivity contribution in [3.05, 3.63) is 34.9 Å². The van der Waals surface area contributed by atoms with Crippen LogP contribution >= 0.6 is 15.9 Å². The van der Waals surface area contributed by atoms with Gasteiger partial charge in [-0.3, -0.25) is 4.98 Å². The molecule has 1 aliphatic carbocycles. The summed E-state index contributed by atoms with van der Waals surface area (Å²) >= 11 is 3.56. The minimum absolute atomic E-state index is 0.586. The molecule has 1 aromatic heterocycles. The summed E-state index contributed by atoms with van der Waals surface area (Å²) in [6.07, 6.45) is 7.06. The molecule has 3 rings (SSSR count). The molecule has 0 amide bonds. The maximum Gasteiger partial charge on any atom is 0.0723 e. The molecule has 1 heterocycles. The molecule has 0 spiro atoms. The molecule has 0 aliphatic heterocycles. The fraction of sp³-hybridized carbons (Fsp3) is 0.500. The van der Waals surface area contributed by atoms with Crippen LogP contribution in [0.2, 0.25) is 0 Å². The zero-order valence-corrected chi connectivity index (χ0v) is 14.9. The SMILES string of the molecule is CN(C)CC1CCC(Nc2ccnc3ccc(Br)cc23)CC1. The number of nitrogens with zero attached hydrogens (tertiary/aromatic N) is 2. The Labute approximate surface area is 141 Å². The Kier molecular flexibility index (Phi) is 4.99. The molecule has 1 saturated carbocycles. The molecule has 0 atom stereocenters. The van der Waals surface area contributed by atoms with Crippen LogP contribution in [-0.2, 0) is 0 Å². The number of nitrogens with one attached hydrogen (secondary N) is 1. The fourth-order valence-corrected chi connectivity index (χ4v) is 3.83. The van der Waals surface area contributed by atoms with E-state index in [1.165, 1.54) is 43.3 Å². The van der Waals surface area contributed by atoms with E-state index in [4.69, 9.17) is 0 Å². The quantitative estimate of drug-likeness (QED) is 0.866. The van der Waals surface area contributed by atoms with E-state index in [0.29, 0.717) is 6.04 Å². The lowest BCUT2D eigenvalue weighted by molar-refractivity contribution is 0.255. The molecule has 118 valence electrons. The smallest absolute Gasteiger partial charge is 0.0723 e. The molecule has 2 aromatic rings. The third-order valence-corrected chi connectivity index (χ3v) is 5.03. The van der Waals surface area contributed by atoms with Crippen LogP contribution in [0, 0.1) is 5.92 Å². The Morgan fingerprint density at radius 2 is 1.95 bits per heavy atom. The van der Waals surface area contributed by atoms with Crippen molar-refractivity contribution in [2.45, 2.75) is 31.7 Å². The second-order valence-corrected chi connectivity index (χ2v) is 7.56. The summed E-state index contributed by atoms with van der Waals surface area (Å²) in [7, 11) is 4.34. The maximum atomic E-state index is 4.45. The van der Waals surface area contributed by atoms with E-state index in [2.05, 4.69) is 63.4 Å². The third kappa shape index (κ3) is 3.79. The van der Waals surface area contributed by atoms with Gasteiger partial charge in [-0.1, -0.05) is 15.9 Å². The number of anilines is 1. The molecule has 1 fully saturated rings. The van der Waals surface area contributed by atoms with Crippen molar-refractivity contribution in [2.75, 3.05) is 26.0 Å². The Hall–Kier alpha value is -1.13. The minimum Gasteiger partial charge on any atom is -0.382 e. The number of aromatic nitrogens is 1. The Bertz CT molecular complexity index is 633. The molecule has 1 aliphatic rings. The van der Waals surface area contributed by atoms with Gasteiger partial charge >= 0.3 is 0 Å². The largest absolute Gasteiger partial charge is 0.382 e. The van der Waals surface area contributed by atoms with Gasteiger partial charge in [0.2, 0.25) is 0 Å². The van der Waals surface area contributed by atoms with Crippen LogP contribution in [0.4, 0.5) is 5.69 Å². The number of halogens is 1. The second kappa shape index (κ2) is 6.97. The lowest BCUT2D eigenvalue weighted by Crippen LogP contribution is -2.30. The zero-order valence-electron chi connectivity index (χ0n) is 13.3. The van der Waals surface area contributed by atoms with Crippen LogP contribution in [0.15, 0.2) is 34.9 Å². The van der Waals surface area contributed by atoms with Gasteiger partial charge in [-0.2, -0.15) is 0 Å². The highest BCUT2D eigenvalue weighted by Gasteiger charge is 2.21. The molecular weight excluding hydrogens is 338 g/mol. The summed E-state index contributed by atoms with van der Waals surface area (Å²) in [5.41, 5.74) is 2.26. The first kappa shape index (κ1) is 15.8. The van der Waals surface area contributed by atoms with Gasteiger partial charge in [0.1, 0.15) is 0 Å². The normalized spacial score (nSPS) is 22.2. The summed E-state index contributed by atoms with van der Waals surface area (Å²) in [5, 5.41) is 4.95. The number of benzene rings is 1. The molecular formula is C18H24BrN3. The van der Waals surface area contributed by atoms with Crippen LogP contribution in [0.1, 0.15) is 25.7 Å². The maximum absolute atomic E-state index is 4.45. The van der Waals surface area contributed by atoms with Gasteiger partial charge in [-0.25, -0.2) is 0 Å². The topological polar surface area (TPSA) is 28.2 Å². The highest BCUT2D eigenvalue weighted by atomic mass is 79.9. The number of rotatable bonds is 4. The van der Waals surface area contributed by atoms with Crippen molar-refractivity contribution in [1.82, 2.24) is 9.88 Å². The molecule has 0 radical (unpaired) electrons. The van der Waals surface area contributed by atoms with Gasteiger partial charge in [-0.15, -0.1) is 0 Å². The number of hydrogen-bond donors (Lipinski definition) is 1. The van der Waals surface area contributed by atoms with E-state index < -0.39 is 0 Å². The lowest BCUT2D eigenvalue weighted by atomic mass is 9.85. The molecule has 1 aromatic carbocycles. The van der Waals surface area contributed by atoms with Crippen molar-refractivity contribution in [3.63, 3.8) is 0 Å². The van der Waals surface area contributed by atoms with Crippen molar-refractivity contribution in [3.8, 4) is 0 Å². The van der Waals surface area contributed by atoms with Gasteiger partial charge < -0.3 is 10.2 Å². The Balaban J connectivity index is 1.68. The Morgan fingerprint density at radius 3 is 2.68 bits per heavy atom. The predicted molar refractivity (Wildman–Crippen MR) is 97.4 cm³/mol. The van der Waals surface area contributed by atoms with Crippen LogP contribution in [-0.4, -0.2) is 36.6 Å². The van der Waals surface area contributed by atoms with Crippen LogP contribution < -0.4 is 5.32 Å². The van der Waals surface area contributed by atoms with E-state index in [0.717, 1.165) is 15.9 Å². The van der Waals surface area contributed by atoms with E-state index in [1.807, 2.05) is 12.3 Å². The van der Waals surface area contributed by atoms with Gasteiger partial charge in [0.05, 0.1) is 5.52 Å². The third-order valence-electron chi connectivity index (χ3n) is 4.53. The fourth-order valence-electron chi connectivity index (χ4n) is 3.47. The van der Waals surface area contributed by atoms with Gasteiger partial charge in [0.15, 0.2) is 0 Å². The summed E-state index contributed by atoms with van der Waals surface area (Å²) < 4.78 is 1.10. The van der Waals surface area contributed by atoms with Gasteiger partial charge in [0.25, 0.3) is 0 Å². The van der Waals surface area contributed by atoms with E-state index in [1.54, 1.807) is 0 Å². The van der Waals surface area contributed by atoms with Crippen molar-refractivity contribution in [1.29, 1.82) is 0 Å². The van der Waals surface area contributed by atoms with Crippen LogP contribution in [0.3, 0.4) is 0 Å². The highest BCUT2D eigenvalue weighted by Crippen LogP contribution is 2.30. The minimum atomic E-state index is 0.586. The lowest BCUT2D eigenvalue weighted by Gasteiger charge is -2.31. The Morgan fingerprint density at radius 1 is 1.18 bits per heavy atom. The molecule has 0 unspecified atom stereocenters.